The molecule has 166 valence electrons. The lowest BCUT2D eigenvalue weighted by molar-refractivity contribution is 0.249. The zero-order chi connectivity index (χ0) is 20.6. The predicted octanol–water partition coefficient (Wildman–Crippen LogP) is 4.11. The normalized spacial score (nSPS) is 15.5. The molecule has 0 saturated carbocycles. The van der Waals surface area contributed by atoms with Crippen molar-refractivity contribution in [3.05, 3.63) is 76.2 Å². The Labute approximate surface area is 205 Å². The molecular formula is C23H31IN6S. The number of benzene rings is 1. The maximum absolute atomic E-state index is 4.45. The molecule has 1 aliphatic rings. The number of rotatable bonds is 8. The van der Waals surface area contributed by atoms with Crippen molar-refractivity contribution in [3.8, 4) is 0 Å². The average molecular weight is 551 g/mol. The molecule has 0 amide bonds. The van der Waals surface area contributed by atoms with E-state index in [0.717, 1.165) is 25.6 Å². The summed E-state index contributed by atoms with van der Waals surface area (Å²) < 4.78 is 1.95. The Kier molecular flexibility index (Phi) is 9.35. The summed E-state index contributed by atoms with van der Waals surface area (Å²) in [7, 11) is 1.83. The molecule has 6 nitrogen and oxygen atoms in total. The molecule has 1 aromatic carbocycles. The SMILES string of the molecule is CN=C(NCc1ccccc1Cn1cccn1)NCC(c1cccs1)N1CCCC1.I. The fourth-order valence-corrected chi connectivity index (χ4v) is 4.85. The van der Waals surface area contributed by atoms with Gasteiger partial charge in [-0.3, -0.25) is 14.6 Å². The van der Waals surface area contributed by atoms with E-state index in [9.17, 15) is 0 Å². The molecule has 1 unspecified atom stereocenters. The molecule has 2 N–H and O–H groups in total. The Bertz CT molecular complexity index is 919. The molecule has 1 fully saturated rings. The topological polar surface area (TPSA) is 57.5 Å². The van der Waals surface area contributed by atoms with Crippen LogP contribution >= 0.6 is 35.3 Å². The van der Waals surface area contributed by atoms with Gasteiger partial charge in [-0.25, -0.2) is 0 Å². The van der Waals surface area contributed by atoms with Crippen molar-refractivity contribution in [2.75, 3.05) is 26.7 Å². The molecule has 3 aromatic rings. The first-order valence-electron chi connectivity index (χ1n) is 10.6. The average Bonchev–Trinajstić information content (AvgIpc) is 3.56. The lowest BCUT2D eigenvalue weighted by Crippen LogP contribution is -2.42. The number of halogens is 1. The van der Waals surface area contributed by atoms with Gasteiger partial charge in [-0.15, -0.1) is 35.3 Å². The Morgan fingerprint density at radius 2 is 1.90 bits per heavy atom. The van der Waals surface area contributed by atoms with E-state index in [1.807, 2.05) is 41.5 Å². The molecule has 0 radical (unpaired) electrons. The smallest absolute Gasteiger partial charge is 0.191 e. The van der Waals surface area contributed by atoms with Crippen molar-refractivity contribution in [3.63, 3.8) is 0 Å². The van der Waals surface area contributed by atoms with Gasteiger partial charge in [0.25, 0.3) is 0 Å². The number of thiophene rings is 1. The monoisotopic (exact) mass is 550 g/mol. The third kappa shape index (κ3) is 6.54. The van der Waals surface area contributed by atoms with E-state index >= 15 is 0 Å². The molecule has 0 spiro atoms. The number of likely N-dealkylation sites (tertiary alicyclic amines) is 1. The summed E-state index contributed by atoms with van der Waals surface area (Å²) in [6, 6.07) is 15.2. The van der Waals surface area contributed by atoms with Gasteiger partial charge in [-0.1, -0.05) is 30.3 Å². The summed E-state index contributed by atoms with van der Waals surface area (Å²) in [5.41, 5.74) is 2.52. The van der Waals surface area contributed by atoms with Gasteiger partial charge in [0.05, 0.1) is 12.6 Å². The quantitative estimate of drug-likeness (QED) is 0.252. The number of nitrogens with zero attached hydrogens (tertiary/aromatic N) is 4. The maximum Gasteiger partial charge on any atom is 0.191 e. The highest BCUT2D eigenvalue weighted by atomic mass is 127. The largest absolute Gasteiger partial charge is 0.354 e. The highest BCUT2D eigenvalue weighted by Crippen LogP contribution is 2.27. The van der Waals surface area contributed by atoms with Crippen molar-refractivity contribution in [1.82, 2.24) is 25.3 Å². The number of guanidine groups is 1. The molecule has 1 saturated heterocycles. The standard InChI is InChI=1S/C23H30N6S.HI/c1-24-23(26-17-21(22-10-6-15-30-22)28-12-4-5-13-28)25-16-19-8-2-3-9-20(19)18-29-14-7-11-27-29;/h2-3,6-11,14-15,21H,4-5,12-13,16-18H2,1H3,(H2,24,25,26);1H. The van der Waals surface area contributed by atoms with Gasteiger partial charge < -0.3 is 10.6 Å². The van der Waals surface area contributed by atoms with Gasteiger partial charge in [-0.2, -0.15) is 5.10 Å². The zero-order valence-electron chi connectivity index (χ0n) is 17.9. The molecule has 1 aliphatic heterocycles. The van der Waals surface area contributed by atoms with Gasteiger partial charge in [0.1, 0.15) is 0 Å². The van der Waals surface area contributed by atoms with Crippen LogP contribution in [0.1, 0.15) is 34.9 Å². The van der Waals surface area contributed by atoms with Crippen LogP contribution in [0.3, 0.4) is 0 Å². The number of hydrogen-bond donors (Lipinski definition) is 2. The minimum absolute atomic E-state index is 0. The second-order valence-corrected chi connectivity index (χ2v) is 8.53. The van der Waals surface area contributed by atoms with Gasteiger partial charge >= 0.3 is 0 Å². The van der Waals surface area contributed by atoms with Crippen LogP contribution in [-0.2, 0) is 13.1 Å². The van der Waals surface area contributed by atoms with E-state index in [1.54, 1.807) is 0 Å². The molecule has 8 heteroatoms. The van der Waals surface area contributed by atoms with E-state index in [0.29, 0.717) is 6.04 Å². The van der Waals surface area contributed by atoms with Crippen LogP contribution in [0.5, 0.6) is 0 Å². The Balaban J connectivity index is 0.00000272. The highest BCUT2D eigenvalue weighted by Gasteiger charge is 2.24. The molecule has 0 bridgehead atoms. The van der Waals surface area contributed by atoms with Crippen molar-refractivity contribution in [2.24, 2.45) is 4.99 Å². The molecule has 31 heavy (non-hydrogen) atoms. The van der Waals surface area contributed by atoms with E-state index in [4.69, 9.17) is 0 Å². The summed E-state index contributed by atoms with van der Waals surface area (Å²) in [6.45, 7) is 4.71. The van der Waals surface area contributed by atoms with Crippen LogP contribution in [0.4, 0.5) is 0 Å². The number of hydrogen-bond acceptors (Lipinski definition) is 4. The number of aromatic nitrogens is 2. The number of aliphatic imine (C=N–C) groups is 1. The summed E-state index contributed by atoms with van der Waals surface area (Å²) in [5, 5.41) is 13.5. The second kappa shape index (κ2) is 12.2. The van der Waals surface area contributed by atoms with E-state index < -0.39 is 0 Å². The summed E-state index contributed by atoms with van der Waals surface area (Å²) >= 11 is 1.84. The fourth-order valence-electron chi connectivity index (χ4n) is 3.99. The molecule has 0 aliphatic carbocycles. The molecule has 3 heterocycles. The minimum atomic E-state index is 0. The van der Waals surface area contributed by atoms with Gasteiger partial charge in [0.15, 0.2) is 5.96 Å². The molecule has 1 atom stereocenters. The Morgan fingerprint density at radius 1 is 1.10 bits per heavy atom. The highest BCUT2D eigenvalue weighted by molar-refractivity contribution is 14.0. The van der Waals surface area contributed by atoms with E-state index in [1.165, 1.54) is 41.9 Å². The van der Waals surface area contributed by atoms with Crippen LogP contribution in [0, 0.1) is 0 Å². The number of nitrogens with one attached hydrogen (secondary N) is 2. The van der Waals surface area contributed by atoms with Gasteiger partial charge in [0.2, 0.25) is 0 Å². The Hall–Kier alpha value is -1.91. The Morgan fingerprint density at radius 3 is 2.58 bits per heavy atom. The maximum atomic E-state index is 4.45. The van der Waals surface area contributed by atoms with E-state index in [-0.39, 0.29) is 24.0 Å². The molecule has 2 aromatic heterocycles. The lowest BCUT2D eigenvalue weighted by atomic mass is 10.1. The van der Waals surface area contributed by atoms with Crippen molar-refractivity contribution in [2.45, 2.75) is 32.0 Å². The molecular weight excluding hydrogens is 519 g/mol. The third-order valence-corrected chi connectivity index (χ3v) is 6.57. The van der Waals surface area contributed by atoms with Crippen molar-refractivity contribution < 1.29 is 0 Å². The van der Waals surface area contributed by atoms with E-state index in [2.05, 4.69) is 67.4 Å². The van der Waals surface area contributed by atoms with Gasteiger partial charge in [-0.05, 0) is 54.6 Å². The lowest BCUT2D eigenvalue weighted by Gasteiger charge is -2.27. The van der Waals surface area contributed by atoms with Crippen LogP contribution in [0.15, 0.2) is 65.2 Å². The molecule has 4 rings (SSSR count). The summed E-state index contributed by atoms with van der Waals surface area (Å²) in [5.74, 6) is 0.838. The second-order valence-electron chi connectivity index (χ2n) is 7.55. The first kappa shape index (κ1) is 23.7. The van der Waals surface area contributed by atoms with Gasteiger partial charge in [0, 0.05) is 37.4 Å². The predicted molar refractivity (Wildman–Crippen MR) is 139 cm³/mol. The zero-order valence-corrected chi connectivity index (χ0v) is 21.1. The van der Waals surface area contributed by atoms with Crippen LogP contribution in [-0.4, -0.2) is 47.3 Å². The van der Waals surface area contributed by atoms with Crippen LogP contribution in [0.25, 0.3) is 0 Å². The summed E-state index contributed by atoms with van der Waals surface area (Å²) in [4.78, 5) is 8.46. The van der Waals surface area contributed by atoms with Crippen molar-refractivity contribution in [1.29, 1.82) is 0 Å². The van der Waals surface area contributed by atoms with Crippen LogP contribution in [0.2, 0.25) is 0 Å². The van der Waals surface area contributed by atoms with Crippen molar-refractivity contribution >= 4 is 41.3 Å². The van der Waals surface area contributed by atoms with Crippen LogP contribution < -0.4 is 10.6 Å². The first-order valence-corrected chi connectivity index (χ1v) is 11.5. The summed E-state index contributed by atoms with van der Waals surface area (Å²) in [6.07, 6.45) is 6.40. The fraction of sp³-hybridized carbons (Fsp3) is 0.391. The minimum Gasteiger partial charge on any atom is -0.354 e. The first-order chi connectivity index (χ1) is 14.8. The third-order valence-electron chi connectivity index (χ3n) is 5.60.